The monoisotopic (exact) mass is 610 g/mol. The summed E-state index contributed by atoms with van der Waals surface area (Å²) in [6, 6.07) is 6.90. The normalized spacial score (nSPS) is 18.0. The van der Waals surface area contributed by atoms with E-state index in [9.17, 15) is 22.4 Å². The van der Waals surface area contributed by atoms with Crippen LogP contribution in [0.25, 0.3) is 5.70 Å². The Morgan fingerprint density at radius 2 is 1.86 bits per heavy atom. The molecule has 0 aliphatic heterocycles. The Kier molecular flexibility index (Phi) is 15.9. The van der Waals surface area contributed by atoms with Crippen LogP contribution in [0.3, 0.4) is 0 Å². The van der Waals surface area contributed by atoms with Crippen LogP contribution < -0.4 is 4.74 Å². The number of ketones is 1. The van der Waals surface area contributed by atoms with Gasteiger partial charge in [0.05, 0.1) is 18.4 Å². The molecule has 42 heavy (non-hydrogen) atoms. The van der Waals surface area contributed by atoms with E-state index in [4.69, 9.17) is 4.74 Å². The number of hydrogen-bond donors (Lipinski definition) is 0. The number of unbranched alkanes of at least 4 members (excludes halogenated alkanes) is 1. The van der Waals surface area contributed by atoms with Crippen molar-refractivity contribution in [2.45, 2.75) is 96.9 Å². The van der Waals surface area contributed by atoms with Crippen LogP contribution in [0.1, 0.15) is 79.7 Å². The second-order valence-electron chi connectivity index (χ2n) is 10.2. The van der Waals surface area contributed by atoms with Crippen molar-refractivity contribution in [3.8, 4) is 5.88 Å². The van der Waals surface area contributed by atoms with Crippen molar-refractivity contribution in [2.75, 3.05) is 7.11 Å². The van der Waals surface area contributed by atoms with Gasteiger partial charge in [-0.05, 0) is 81.4 Å². The number of allylic oxidation sites excluding steroid dienone is 6. The SMILES string of the molecule is C.CCC(C)C1CCC1Sc1ccc(F)cc1.C\C=C(/C=C\C(=C\CCC)C(F)(F)F)n1cc(CC(C)=O)c(OC)n1. The Balaban J connectivity index is 0.000000446. The van der Waals surface area contributed by atoms with Gasteiger partial charge in [0.1, 0.15) is 11.6 Å². The number of carbonyl (C=O) groups excluding carboxylic acids is 1. The number of nitrogens with zero attached hydrogens (tertiary/aromatic N) is 2. The number of ether oxygens (including phenoxy) is 1. The Morgan fingerprint density at radius 3 is 2.33 bits per heavy atom. The molecule has 0 bridgehead atoms. The fraction of sp³-hybridized carbons (Fsp3) is 0.515. The third-order valence-electron chi connectivity index (χ3n) is 7.10. The number of rotatable bonds is 12. The Morgan fingerprint density at radius 1 is 1.19 bits per heavy atom. The Labute approximate surface area is 253 Å². The molecule has 3 unspecified atom stereocenters. The molecule has 1 aromatic carbocycles. The van der Waals surface area contributed by atoms with Crippen molar-refractivity contribution < 1.29 is 27.1 Å². The molecule has 2 aromatic rings. The summed E-state index contributed by atoms with van der Waals surface area (Å²) in [4.78, 5) is 12.5. The van der Waals surface area contributed by atoms with Crippen LogP contribution in [-0.2, 0) is 11.2 Å². The molecule has 234 valence electrons. The molecule has 0 N–H and O–H groups in total. The van der Waals surface area contributed by atoms with E-state index in [0.29, 0.717) is 24.1 Å². The van der Waals surface area contributed by atoms with Gasteiger partial charge in [-0.2, -0.15) is 13.2 Å². The van der Waals surface area contributed by atoms with Gasteiger partial charge in [0.15, 0.2) is 0 Å². The van der Waals surface area contributed by atoms with Gasteiger partial charge in [-0.25, -0.2) is 9.07 Å². The molecule has 0 radical (unpaired) electrons. The van der Waals surface area contributed by atoms with Crippen molar-refractivity contribution in [2.24, 2.45) is 11.8 Å². The highest BCUT2D eigenvalue weighted by molar-refractivity contribution is 8.00. The number of hydrogen-bond acceptors (Lipinski definition) is 4. The highest BCUT2D eigenvalue weighted by Crippen LogP contribution is 2.45. The van der Waals surface area contributed by atoms with Crippen LogP contribution in [0.2, 0.25) is 0 Å². The lowest BCUT2D eigenvalue weighted by molar-refractivity contribution is -0.116. The predicted octanol–water partition coefficient (Wildman–Crippen LogP) is 10.1. The molecule has 4 nitrogen and oxygen atoms in total. The largest absolute Gasteiger partial charge is 0.480 e. The topological polar surface area (TPSA) is 44.1 Å². The van der Waals surface area contributed by atoms with E-state index in [2.05, 4.69) is 18.9 Å². The van der Waals surface area contributed by atoms with E-state index in [-0.39, 0.29) is 31.3 Å². The first-order valence-corrected chi connectivity index (χ1v) is 15.0. The number of benzene rings is 1. The molecule has 9 heteroatoms. The summed E-state index contributed by atoms with van der Waals surface area (Å²) in [5.41, 5.74) is 0.330. The summed E-state index contributed by atoms with van der Waals surface area (Å²) in [6.45, 7) is 9.58. The zero-order valence-electron chi connectivity index (χ0n) is 24.8. The zero-order chi connectivity index (χ0) is 30.6. The fourth-order valence-electron chi connectivity index (χ4n) is 4.43. The summed E-state index contributed by atoms with van der Waals surface area (Å²) < 4.78 is 58.4. The second-order valence-corrected chi connectivity index (χ2v) is 11.5. The third-order valence-corrected chi connectivity index (χ3v) is 8.53. The second kappa shape index (κ2) is 18.0. The van der Waals surface area contributed by atoms with Crippen LogP contribution in [0.4, 0.5) is 17.6 Å². The molecule has 0 spiro atoms. The van der Waals surface area contributed by atoms with E-state index < -0.39 is 11.7 Å². The number of methoxy groups -OCH3 is 1. The Bertz CT molecular complexity index is 1200. The summed E-state index contributed by atoms with van der Waals surface area (Å²) in [5.74, 6) is 1.76. The molecule has 1 fully saturated rings. The van der Waals surface area contributed by atoms with E-state index in [1.165, 1.54) is 55.0 Å². The molecule has 0 saturated heterocycles. The molecular formula is C33H46F4N2O2S. The number of aromatic nitrogens is 2. The zero-order valence-corrected chi connectivity index (χ0v) is 25.6. The van der Waals surface area contributed by atoms with E-state index in [1.54, 1.807) is 31.3 Å². The highest BCUT2D eigenvalue weighted by atomic mass is 32.2. The van der Waals surface area contributed by atoms with Crippen molar-refractivity contribution in [3.63, 3.8) is 0 Å². The van der Waals surface area contributed by atoms with Crippen LogP contribution in [-0.4, -0.2) is 34.1 Å². The third kappa shape index (κ3) is 11.5. The van der Waals surface area contributed by atoms with Gasteiger partial charge in [-0.15, -0.1) is 16.9 Å². The minimum absolute atomic E-state index is 0. The number of halogens is 4. The molecule has 3 rings (SSSR count). The van der Waals surface area contributed by atoms with Crippen molar-refractivity contribution in [3.05, 3.63) is 71.7 Å². The lowest BCUT2D eigenvalue weighted by Crippen LogP contribution is -2.33. The first kappa shape index (κ1) is 37.2. The molecule has 0 amide bonds. The van der Waals surface area contributed by atoms with E-state index >= 15 is 0 Å². The maximum atomic E-state index is 13.0. The van der Waals surface area contributed by atoms with Crippen molar-refractivity contribution in [1.82, 2.24) is 9.78 Å². The smallest absolute Gasteiger partial charge is 0.416 e. The highest BCUT2D eigenvalue weighted by Gasteiger charge is 2.34. The average Bonchev–Trinajstić information content (AvgIpc) is 3.31. The van der Waals surface area contributed by atoms with Gasteiger partial charge in [-0.1, -0.05) is 53.2 Å². The minimum Gasteiger partial charge on any atom is -0.480 e. The first-order valence-electron chi connectivity index (χ1n) is 14.1. The first-order chi connectivity index (χ1) is 19.4. The quantitative estimate of drug-likeness (QED) is 0.177. The number of carbonyl (C=O) groups is 1. The standard InChI is InChI=1S/C18H23F3N2O2.C14H19FS.CH4/c1-5-7-8-15(18(19,20)21)9-10-16(6-2)23-12-14(11-13(3)24)17(22-23)25-4;1-3-10(2)13-8-9-14(13)16-12-6-4-11(15)5-7-12;/h6,8-10,12H,5,7,11H2,1-4H3;4-7,10,13-14H,3,8-9H2,1-2H3;1H4/b10-9-,15-8-,16-6+;;. The molecule has 1 heterocycles. The van der Waals surface area contributed by atoms with Crippen molar-refractivity contribution in [1.29, 1.82) is 0 Å². The van der Waals surface area contributed by atoms with Crippen molar-refractivity contribution >= 4 is 23.2 Å². The molecule has 3 atom stereocenters. The summed E-state index contributed by atoms with van der Waals surface area (Å²) in [5, 5.41) is 4.93. The summed E-state index contributed by atoms with van der Waals surface area (Å²) in [6.07, 6.45) is 7.45. The summed E-state index contributed by atoms with van der Waals surface area (Å²) >= 11 is 1.92. The van der Waals surface area contributed by atoms with Gasteiger partial charge in [0.2, 0.25) is 5.88 Å². The minimum atomic E-state index is -4.41. The summed E-state index contributed by atoms with van der Waals surface area (Å²) in [7, 11) is 1.43. The van der Waals surface area contributed by atoms with Gasteiger partial charge < -0.3 is 4.74 Å². The van der Waals surface area contributed by atoms with Gasteiger partial charge in [0.25, 0.3) is 0 Å². The number of thioether (sulfide) groups is 1. The number of alkyl halides is 3. The van der Waals surface area contributed by atoms with Crippen LogP contribution in [0.15, 0.2) is 65.2 Å². The maximum Gasteiger partial charge on any atom is 0.416 e. The lowest BCUT2D eigenvalue weighted by atomic mass is 9.75. The fourth-order valence-corrected chi connectivity index (χ4v) is 5.90. The predicted molar refractivity (Wildman–Crippen MR) is 166 cm³/mol. The molecule has 1 aliphatic carbocycles. The van der Waals surface area contributed by atoms with Crippen LogP contribution in [0, 0.1) is 17.7 Å². The van der Waals surface area contributed by atoms with Crippen LogP contribution >= 0.6 is 11.8 Å². The van der Waals surface area contributed by atoms with Crippen LogP contribution in [0.5, 0.6) is 5.88 Å². The lowest BCUT2D eigenvalue weighted by Gasteiger charge is -2.40. The van der Waals surface area contributed by atoms with Gasteiger partial charge in [-0.3, -0.25) is 4.79 Å². The molecular weight excluding hydrogens is 564 g/mol. The average molecular weight is 611 g/mol. The van der Waals surface area contributed by atoms with E-state index in [0.717, 1.165) is 23.2 Å². The van der Waals surface area contributed by atoms with Gasteiger partial charge >= 0.3 is 6.18 Å². The van der Waals surface area contributed by atoms with E-state index in [1.807, 2.05) is 30.8 Å². The number of Topliss-reactive ketones (excluding diaryl/α,β-unsaturated/α-hetero) is 1. The van der Waals surface area contributed by atoms with Gasteiger partial charge in [0, 0.05) is 28.3 Å². The molecule has 1 aromatic heterocycles. The maximum absolute atomic E-state index is 13.0. The molecule has 1 saturated carbocycles. The Hall–Kier alpha value is -2.81. The molecule has 1 aliphatic rings.